The molecule has 1 unspecified atom stereocenters. The summed E-state index contributed by atoms with van der Waals surface area (Å²) < 4.78 is 25.1. The molecular formula is C24H24ClFN4O3. The lowest BCUT2D eigenvalue weighted by Gasteiger charge is -2.14. The molecule has 7 nitrogen and oxygen atoms in total. The van der Waals surface area contributed by atoms with Crippen LogP contribution in [0.5, 0.6) is 5.75 Å². The maximum absolute atomic E-state index is 14.2. The quantitative estimate of drug-likeness (QED) is 0.459. The van der Waals surface area contributed by atoms with Crippen LogP contribution < -0.4 is 15.4 Å². The number of aryl methyl sites for hydroxylation is 1. The van der Waals surface area contributed by atoms with Gasteiger partial charge in [0.05, 0.1) is 35.2 Å². The second-order valence-corrected chi connectivity index (χ2v) is 8.04. The van der Waals surface area contributed by atoms with Gasteiger partial charge in [-0.05, 0) is 62.1 Å². The molecule has 9 heteroatoms. The van der Waals surface area contributed by atoms with Crippen LogP contribution in [-0.2, 0) is 11.2 Å². The number of nitrogens with zero attached hydrogens (tertiary/aromatic N) is 2. The predicted octanol–water partition coefficient (Wildman–Crippen LogP) is 5.39. The van der Waals surface area contributed by atoms with E-state index in [-0.39, 0.29) is 22.4 Å². The molecule has 1 fully saturated rings. The zero-order chi connectivity index (χ0) is 23.2. The van der Waals surface area contributed by atoms with Gasteiger partial charge in [-0.1, -0.05) is 17.7 Å². The molecule has 0 saturated carbocycles. The monoisotopic (exact) mass is 470 g/mol. The first-order chi connectivity index (χ1) is 16.0. The molecule has 0 radical (unpaired) electrons. The Bertz CT molecular complexity index is 1100. The molecule has 1 atom stereocenters. The highest BCUT2D eigenvalue weighted by atomic mass is 35.5. The lowest BCUT2D eigenvalue weighted by atomic mass is 10.1. The highest BCUT2D eigenvalue weighted by molar-refractivity contribution is 6.34. The summed E-state index contributed by atoms with van der Waals surface area (Å²) in [6.07, 6.45) is 4.81. The Labute approximate surface area is 196 Å². The van der Waals surface area contributed by atoms with Gasteiger partial charge in [-0.3, -0.25) is 4.79 Å². The van der Waals surface area contributed by atoms with E-state index < -0.39 is 11.7 Å². The SMILES string of the molecule is COc1ccc(Nc2ncc(C(=O)Nc3c(F)cccc3Cl)c(CCC3CCCO3)n2)cc1. The summed E-state index contributed by atoms with van der Waals surface area (Å²) >= 11 is 6.06. The smallest absolute Gasteiger partial charge is 0.259 e. The van der Waals surface area contributed by atoms with Crippen LogP contribution in [-0.4, -0.2) is 35.7 Å². The number of anilines is 3. The highest BCUT2D eigenvalue weighted by Gasteiger charge is 2.21. The molecule has 2 aromatic carbocycles. The first kappa shape index (κ1) is 22.9. The molecule has 33 heavy (non-hydrogen) atoms. The van der Waals surface area contributed by atoms with Crippen molar-refractivity contribution in [2.45, 2.75) is 31.8 Å². The molecule has 0 aliphatic carbocycles. The van der Waals surface area contributed by atoms with Gasteiger partial charge >= 0.3 is 0 Å². The Morgan fingerprint density at radius 3 is 2.79 bits per heavy atom. The minimum atomic E-state index is -0.615. The largest absolute Gasteiger partial charge is 0.497 e. The molecule has 4 rings (SSSR count). The average Bonchev–Trinajstić information content (AvgIpc) is 3.34. The number of ether oxygens (including phenoxy) is 2. The predicted molar refractivity (Wildman–Crippen MR) is 125 cm³/mol. The number of methoxy groups -OCH3 is 1. The molecule has 172 valence electrons. The van der Waals surface area contributed by atoms with Gasteiger partial charge in [-0.25, -0.2) is 14.4 Å². The third-order valence-electron chi connectivity index (χ3n) is 5.39. The van der Waals surface area contributed by atoms with Crippen molar-refractivity contribution in [2.24, 2.45) is 0 Å². The molecule has 1 aromatic heterocycles. The van der Waals surface area contributed by atoms with Crippen LogP contribution in [0.2, 0.25) is 5.02 Å². The van der Waals surface area contributed by atoms with Crippen molar-refractivity contribution in [2.75, 3.05) is 24.4 Å². The van der Waals surface area contributed by atoms with Crippen LogP contribution in [0, 0.1) is 5.82 Å². The van der Waals surface area contributed by atoms with Gasteiger partial charge in [0.15, 0.2) is 0 Å². The Morgan fingerprint density at radius 1 is 1.27 bits per heavy atom. The lowest BCUT2D eigenvalue weighted by Crippen LogP contribution is -2.18. The van der Waals surface area contributed by atoms with Gasteiger partial charge < -0.3 is 20.1 Å². The van der Waals surface area contributed by atoms with Crippen molar-refractivity contribution in [1.29, 1.82) is 0 Å². The summed E-state index contributed by atoms with van der Waals surface area (Å²) in [6.45, 7) is 0.748. The number of hydrogen-bond donors (Lipinski definition) is 2. The number of rotatable bonds is 8. The van der Waals surface area contributed by atoms with Crippen molar-refractivity contribution in [3.8, 4) is 5.75 Å². The number of para-hydroxylation sites is 1. The standard InChI is InChI=1S/C24H24ClFN4O3/c1-32-16-9-7-15(8-10-16)28-24-27-14-18(21(29-24)12-11-17-4-3-13-33-17)23(31)30-22-19(25)5-2-6-20(22)26/h2,5-10,14,17H,3-4,11-13H2,1H3,(H,30,31)(H,27,28,29). The number of aromatic nitrogens is 2. The number of carbonyl (C=O) groups is 1. The zero-order valence-corrected chi connectivity index (χ0v) is 18.9. The van der Waals surface area contributed by atoms with Crippen LogP contribution >= 0.6 is 11.6 Å². The minimum Gasteiger partial charge on any atom is -0.497 e. The molecule has 3 aromatic rings. The summed E-state index contributed by atoms with van der Waals surface area (Å²) in [6, 6.07) is 11.5. The second-order valence-electron chi connectivity index (χ2n) is 7.63. The van der Waals surface area contributed by atoms with Crippen molar-refractivity contribution >= 4 is 34.8 Å². The molecule has 2 heterocycles. The number of hydrogen-bond acceptors (Lipinski definition) is 6. The average molecular weight is 471 g/mol. The Morgan fingerprint density at radius 2 is 2.09 bits per heavy atom. The Kier molecular flexibility index (Phi) is 7.36. The van der Waals surface area contributed by atoms with E-state index in [1.54, 1.807) is 7.11 Å². The topological polar surface area (TPSA) is 85.4 Å². The number of nitrogens with one attached hydrogen (secondary N) is 2. The lowest BCUT2D eigenvalue weighted by molar-refractivity contribution is 0.101. The summed E-state index contributed by atoms with van der Waals surface area (Å²) in [7, 11) is 1.60. The Balaban J connectivity index is 1.57. The van der Waals surface area contributed by atoms with E-state index in [9.17, 15) is 9.18 Å². The van der Waals surface area contributed by atoms with Crippen molar-refractivity contribution in [1.82, 2.24) is 9.97 Å². The minimum absolute atomic E-state index is 0.0744. The first-order valence-corrected chi connectivity index (χ1v) is 11.0. The third-order valence-corrected chi connectivity index (χ3v) is 5.70. The van der Waals surface area contributed by atoms with Gasteiger partial charge in [-0.15, -0.1) is 0 Å². The van der Waals surface area contributed by atoms with E-state index in [1.165, 1.54) is 24.4 Å². The molecular weight excluding hydrogens is 447 g/mol. The van der Waals surface area contributed by atoms with Gasteiger partial charge in [-0.2, -0.15) is 0 Å². The molecule has 1 aliphatic rings. The number of amides is 1. The second kappa shape index (κ2) is 10.6. The molecule has 0 bridgehead atoms. The molecule has 1 aliphatic heterocycles. The number of halogens is 2. The zero-order valence-electron chi connectivity index (χ0n) is 18.1. The summed E-state index contributed by atoms with van der Waals surface area (Å²) in [4.78, 5) is 21.9. The van der Waals surface area contributed by atoms with Crippen LogP contribution in [0.1, 0.15) is 35.3 Å². The summed E-state index contributed by atoms with van der Waals surface area (Å²) in [5.41, 5.74) is 1.50. The van der Waals surface area contributed by atoms with Gasteiger partial charge in [0.2, 0.25) is 5.95 Å². The fourth-order valence-corrected chi connectivity index (χ4v) is 3.84. The van der Waals surface area contributed by atoms with Crippen molar-refractivity contribution in [3.63, 3.8) is 0 Å². The normalized spacial score (nSPS) is 15.3. The van der Waals surface area contributed by atoms with Crippen molar-refractivity contribution < 1.29 is 18.7 Å². The molecule has 0 spiro atoms. The van der Waals surface area contributed by atoms with E-state index in [0.717, 1.165) is 37.3 Å². The van der Waals surface area contributed by atoms with Crippen LogP contribution in [0.15, 0.2) is 48.7 Å². The van der Waals surface area contributed by atoms with E-state index in [2.05, 4.69) is 20.6 Å². The fourth-order valence-electron chi connectivity index (χ4n) is 3.63. The van der Waals surface area contributed by atoms with Gasteiger partial charge in [0.25, 0.3) is 5.91 Å². The molecule has 2 N–H and O–H groups in total. The highest BCUT2D eigenvalue weighted by Crippen LogP contribution is 2.26. The van der Waals surface area contributed by atoms with Crippen LogP contribution in [0.25, 0.3) is 0 Å². The van der Waals surface area contributed by atoms with E-state index in [1.807, 2.05) is 24.3 Å². The molecule has 1 saturated heterocycles. The van der Waals surface area contributed by atoms with E-state index >= 15 is 0 Å². The fraction of sp³-hybridized carbons (Fsp3) is 0.292. The Hall–Kier alpha value is -3.23. The van der Waals surface area contributed by atoms with Crippen LogP contribution in [0.3, 0.4) is 0 Å². The summed E-state index contributed by atoms with van der Waals surface area (Å²) in [5.74, 6) is -0.0590. The maximum Gasteiger partial charge on any atom is 0.259 e. The summed E-state index contributed by atoms with van der Waals surface area (Å²) in [5, 5.41) is 5.80. The number of carbonyl (C=O) groups excluding carboxylic acids is 1. The van der Waals surface area contributed by atoms with Crippen molar-refractivity contribution in [3.05, 3.63) is 70.8 Å². The van der Waals surface area contributed by atoms with E-state index in [4.69, 9.17) is 21.1 Å². The number of benzene rings is 2. The van der Waals surface area contributed by atoms with Crippen LogP contribution in [0.4, 0.5) is 21.7 Å². The molecule has 1 amide bonds. The maximum atomic E-state index is 14.2. The first-order valence-electron chi connectivity index (χ1n) is 10.7. The third kappa shape index (κ3) is 5.77. The van der Waals surface area contributed by atoms with E-state index in [0.29, 0.717) is 18.1 Å². The van der Waals surface area contributed by atoms with Gasteiger partial charge in [0.1, 0.15) is 11.6 Å². The van der Waals surface area contributed by atoms with Gasteiger partial charge in [0, 0.05) is 18.5 Å².